The second-order valence-electron chi connectivity index (χ2n) is 10.4. The first kappa shape index (κ1) is 25.4. The zero-order chi connectivity index (χ0) is 27.6. The average Bonchev–Trinajstić information content (AvgIpc) is 3.26. The summed E-state index contributed by atoms with van der Waals surface area (Å²) < 4.78 is 15.6. The van der Waals surface area contributed by atoms with Gasteiger partial charge >= 0.3 is 5.97 Å². The summed E-state index contributed by atoms with van der Waals surface area (Å²) in [6, 6.07) is 11.3. The Kier molecular flexibility index (Phi) is 5.94. The fourth-order valence-electron chi connectivity index (χ4n) is 5.39. The van der Waals surface area contributed by atoms with Crippen LogP contribution in [0.4, 0.5) is 0 Å². The molecule has 2 aliphatic heterocycles. The van der Waals surface area contributed by atoms with Gasteiger partial charge < -0.3 is 28.6 Å². The lowest BCUT2D eigenvalue weighted by atomic mass is 9.86. The molecule has 5 heterocycles. The maximum atomic E-state index is 13.5. The molecule has 2 aliphatic rings. The molecule has 0 bridgehead atoms. The largest absolute Gasteiger partial charge is 0.458 e. The number of carbonyl (C=O) groups is 1. The molecule has 6 rings (SSSR count). The van der Waals surface area contributed by atoms with Crippen molar-refractivity contribution in [1.29, 1.82) is 0 Å². The van der Waals surface area contributed by atoms with E-state index in [1.165, 1.54) is 0 Å². The molecule has 0 spiro atoms. The predicted molar refractivity (Wildman–Crippen MR) is 148 cm³/mol. The number of ether oxygens (including phenoxy) is 2. The summed E-state index contributed by atoms with van der Waals surface area (Å²) in [5, 5.41) is 12.0. The third kappa shape index (κ3) is 3.98. The Morgan fingerprint density at radius 1 is 1.21 bits per heavy atom. The van der Waals surface area contributed by atoms with Gasteiger partial charge in [0.15, 0.2) is 5.60 Å². The summed E-state index contributed by atoms with van der Waals surface area (Å²) in [6.45, 7) is 2.48. The van der Waals surface area contributed by atoms with Crippen LogP contribution in [-0.4, -0.2) is 44.2 Å². The zero-order valence-corrected chi connectivity index (χ0v) is 23.0. The normalized spacial score (nSPS) is 17.6. The van der Waals surface area contributed by atoms with Crippen molar-refractivity contribution in [2.24, 2.45) is 7.05 Å². The Balaban J connectivity index is 1.51. The number of esters is 1. The molecule has 0 fully saturated rings. The predicted octanol–water partition coefficient (Wildman–Crippen LogP) is 4.00. The van der Waals surface area contributed by atoms with Crippen LogP contribution in [0.2, 0.25) is 0 Å². The van der Waals surface area contributed by atoms with E-state index in [1.807, 2.05) is 56.2 Å². The summed E-state index contributed by atoms with van der Waals surface area (Å²) in [7, 11) is 5.87. The van der Waals surface area contributed by atoms with Gasteiger partial charge in [0.2, 0.25) is 0 Å². The van der Waals surface area contributed by atoms with E-state index in [-0.39, 0.29) is 18.6 Å². The number of benzene rings is 1. The number of aryl methyl sites for hydroxylation is 1. The number of carbonyl (C=O) groups excluding carboxylic acids is 1. The van der Waals surface area contributed by atoms with Crippen molar-refractivity contribution in [3.63, 3.8) is 0 Å². The highest BCUT2D eigenvalue weighted by atomic mass is 32.1. The van der Waals surface area contributed by atoms with E-state index < -0.39 is 11.6 Å². The van der Waals surface area contributed by atoms with Crippen LogP contribution in [0, 0.1) is 4.64 Å². The van der Waals surface area contributed by atoms with Crippen molar-refractivity contribution < 1.29 is 19.4 Å². The topological polar surface area (TPSA) is 98.8 Å². The van der Waals surface area contributed by atoms with Crippen LogP contribution in [0.3, 0.4) is 0 Å². The molecule has 4 aromatic rings. The third-order valence-corrected chi connectivity index (χ3v) is 7.94. The van der Waals surface area contributed by atoms with Gasteiger partial charge in [0.25, 0.3) is 5.56 Å². The van der Waals surface area contributed by atoms with E-state index >= 15 is 0 Å². The van der Waals surface area contributed by atoms with Gasteiger partial charge in [0, 0.05) is 47.9 Å². The SMILES string of the molecule is CC[C@@]1(O)C(=O)OCc2c1cc1n(c2=O)Cc2cc3c(CN(C)C)c(Oc4ccn(C)c(=S)c4)ccc3nc2-1. The van der Waals surface area contributed by atoms with E-state index in [4.69, 9.17) is 26.7 Å². The molecule has 0 radical (unpaired) electrons. The van der Waals surface area contributed by atoms with Crippen molar-refractivity contribution in [3.8, 4) is 22.9 Å². The van der Waals surface area contributed by atoms with Crippen LogP contribution < -0.4 is 10.3 Å². The molecule has 0 saturated heterocycles. The third-order valence-electron chi connectivity index (χ3n) is 7.54. The molecular weight excluding hydrogens is 516 g/mol. The van der Waals surface area contributed by atoms with Crippen molar-refractivity contribution in [1.82, 2.24) is 19.0 Å². The number of hydrogen-bond donors (Lipinski definition) is 1. The Morgan fingerprint density at radius 2 is 2.00 bits per heavy atom. The number of rotatable bonds is 5. The van der Waals surface area contributed by atoms with Gasteiger partial charge in [-0.05, 0) is 50.8 Å². The smallest absolute Gasteiger partial charge is 0.343 e. The zero-order valence-electron chi connectivity index (χ0n) is 22.1. The lowest BCUT2D eigenvalue weighted by Gasteiger charge is -2.31. The minimum Gasteiger partial charge on any atom is -0.458 e. The van der Waals surface area contributed by atoms with E-state index in [0.717, 1.165) is 22.0 Å². The number of cyclic esters (lactones) is 1. The van der Waals surface area contributed by atoms with Crippen LogP contribution >= 0.6 is 12.2 Å². The van der Waals surface area contributed by atoms with Gasteiger partial charge in [0.05, 0.1) is 29.0 Å². The molecule has 3 aromatic heterocycles. The van der Waals surface area contributed by atoms with Gasteiger partial charge in [0.1, 0.15) is 22.7 Å². The monoisotopic (exact) mass is 544 g/mol. The van der Waals surface area contributed by atoms with Crippen LogP contribution in [0.15, 0.2) is 47.4 Å². The molecule has 0 aliphatic carbocycles. The number of aliphatic hydroxyl groups is 1. The molecule has 0 saturated carbocycles. The number of pyridine rings is 3. The lowest BCUT2D eigenvalue weighted by Crippen LogP contribution is -2.44. The fraction of sp³-hybridized carbons (Fsp3) is 0.310. The minimum atomic E-state index is -1.85. The molecule has 39 heavy (non-hydrogen) atoms. The molecule has 200 valence electrons. The molecule has 10 heteroatoms. The average molecular weight is 545 g/mol. The maximum Gasteiger partial charge on any atom is 0.343 e. The summed E-state index contributed by atoms with van der Waals surface area (Å²) in [5.41, 5.74) is 2.33. The van der Waals surface area contributed by atoms with Crippen molar-refractivity contribution in [2.75, 3.05) is 14.1 Å². The Morgan fingerprint density at radius 3 is 2.72 bits per heavy atom. The molecule has 1 N–H and O–H groups in total. The number of nitrogens with zero attached hydrogens (tertiary/aromatic N) is 4. The van der Waals surface area contributed by atoms with Crippen LogP contribution in [0.5, 0.6) is 11.5 Å². The Hall–Kier alpha value is -3.86. The summed E-state index contributed by atoms with van der Waals surface area (Å²) in [4.78, 5) is 33.0. The van der Waals surface area contributed by atoms with Gasteiger partial charge in [-0.1, -0.05) is 19.1 Å². The highest BCUT2D eigenvalue weighted by molar-refractivity contribution is 7.71. The van der Waals surface area contributed by atoms with Crippen molar-refractivity contribution >= 4 is 29.1 Å². The van der Waals surface area contributed by atoms with Gasteiger partial charge in [-0.25, -0.2) is 9.78 Å². The van der Waals surface area contributed by atoms with E-state index in [0.29, 0.717) is 51.7 Å². The Labute approximate surface area is 229 Å². The highest BCUT2D eigenvalue weighted by Gasteiger charge is 2.45. The first-order chi connectivity index (χ1) is 18.6. The first-order valence-corrected chi connectivity index (χ1v) is 13.1. The summed E-state index contributed by atoms with van der Waals surface area (Å²) in [5.74, 6) is 0.618. The van der Waals surface area contributed by atoms with Crippen molar-refractivity contribution in [3.05, 3.63) is 79.8 Å². The summed E-state index contributed by atoms with van der Waals surface area (Å²) >= 11 is 5.40. The van der Waals surface area contributed by atoms with E-state index in [1.54, 1.807) is 17.6 Å². The maximum absolute atomic E-state index is 13.5. The van der Waals surface area contributed by atoms with Crippen LogP contribution in [-0.2, 0) is 41.9 Å². The standard InChI is InChI=1S/C29H28N4O5S/c1-5-29(36)21-12-23-26-16(13-33(23)27(34)20(21)15-37-28(29)35)10-18-19(14-31(2)3)24(7-6-22(18)30-26)38-17-8-9-32(4)25(39)11-17/h6-12,36H,5,13-15H2,1-4H3/t29-/m0/s1. The second-order valence-corrected chi connectivity index (χ2v) is 10.8. The minimum absolute atomic E-state index is 0.100. The molecule has 0 unspecified atom stereocenters. The fourth-order valence-corrected chi connectivity index (χ4v) is 5.56. The van der Waals surface area contributed by atoms with Crippen molar-refractivity contribution in [2.45, 2.75) is 38.6 Å². The quantitative estimate of drug-likeness (QED) is 0.262. The number of aromatic nitrogens is 3. The number of fused-ring (bicyclic) bond motifs is 5. The molecule has 1 aromatic carbocycles. The Bertz CT molecular complexity index is 1810. The molecule has 1 atom stereocenters. The molecular formula is C29H28N4O5S. The van der Waals surface area contributed by atoms with Gasteiger partial charge in [-0.15, -0.1) is 0 Å². The number of hydrogen-bond acceptors (Lipinski definition) is 8. The van der Waals surface area contributed by atoms with Crippen LogP contribution in [0.25, 0.3) is 22.3 Å². The van der Waals surface area contributed by atoms with Crippen LogP contribution in [0.1, 0.15) is 35.6 Å². The molecule has 0 amide bonds. The van der Waals surface area contributed by atoms with Gasteiger partial charge in [-0.2, -0.15) is 0 Å². The van der Waals surface area contributed by atoms with E-state index in [9.17, 15) is 14.7 Å². The highest BCUT2D eigenvalue weighted by Crippen LogP contribution is 2.40. The molecule has 9 nitrogen and oxygen atoms in total. The lowest BCUT2D eigenvalue weighted by molar-refractivity contribution is -0.172. The summed E-state index contributed by atoms with van der Waals surface area (Å²) in [6.07, 6.45) is 1.97. The second kappa shape index (κ2) is 9.11. The van der Waals surface area contributed by atoms with Gasteiger partial charge in [-0.3, -0.25) is 4.79 Å². The first-order valence-electron chi connectivity index (χ1n) is 12.7. The van der Waals surface area contributed by atoms with E-state index in [2.05, 4.69) is 11.0 Å².